The average molecular weight is 553 g/mol. The molecule has 2 aromatic heterocycles. The van der Waals surface area contributed by atoms with Crippen molar-refractivity contribution >= 4 is 23.4 Å². The Morgan fingerprint density at radius 1 is 1.16 bits per heavy atom. The minimum absolute atomic E-state index is 0.00525. The zero-order valence-corrected chi connectivity index (χ0v) is 21.9. The highest BCUT2D eigenvalue weighted by Crippen LogP contribution is 2.50. The number of carboxylic acid groups (broad SMARTS) is 1. The smallest absolute Gasteiger partial charge is 0.312 e. The van der Waals surface area contributed by atoms with Crippen LogP contribution in [-0.4, -0.2) is 27.2 Å². The molecule has 7 nitrogen and oxygen atoms in total. The molecule has 1 aliphatic carbocycles. The normalized spacial score (nSPS) is 15.0. The summed E-state index contributed by atoms with van der Waals surface area (Å²) in [6.45, 7) is 4.16. The Kier molecular flexibility index (Phi) is 7.74. The van der Waals surface area contributed by atoms with E-state index < -0.39 is 34.8 Å². The molecule has 1 aromatic carbocycles. The maximum Gasteiger partial charge on any atom is 0.312 e. The first kappa shape index (κ1) is 27.9. The predicted octanol–water partition coefficient (Wildman–Crippen LogP) is 7.29. The molecule has 1 N–H and O–H groups in total. The van der Waals surface area contributed by atoms with Crippen LogP contribution in [0.5, 0.6) is 0 Å². The summed E-state index contributed by atoms with van der Waals surface area (Å²) in [5.41, 5.74) is -0.182. The molecule has 0 unspecified atom stereocenters. The van der Waals surface area contributed by atoms with E-state index in [4.69, 9.17) is 20.6 Å². The summed E-state index contributed by atoms with van der Waals surface area (Å²) in [5.74, 6) is -6.34. The standard InChI is InChI=1S/C27H28ClF3N2O5/c1-26(2,3)27(30,31)21-13-20(32-37-21)25-23(14-4-5-14)24(33-38-25)16(7-9-22(35)36)11-18(34)10-15-6-8-17(28)12-19(15)29/h6,8,12-14,16H,4-5,7,9-11H2,1-3H3,(H,35,36)/t16-/m0/s1. The molecule has 4 rings (SSSR count). The molecule has 0 radical (unpaired) electrons. The van der Waals surface area contributed by atoms with Gasteiger partial charge in [0.05, 0.1) is 5.69 Å². The molecular formula is C27H28ClF3N2O5. The molecule has 3 aromatic rings. The maximum absolute atomic E-state index is 14.8. The predicted molar refractivity (Wildman–Crippen MR) is 132 cm³/mol. The van der Waals surface area contributed by atoms with Crippen molar-refractivity contribution in [2.24, 2.45) is 5.41 Å². The number of hydrogen-bond acceptors (Lipinski definition) is 6. The van der Waals surface area contributed by atoms with Crippen LogP contribution in [-0.2, 0) is 21.9 Å². The van der Waals surface area contributed by atoms with E-state index in [0.29, 0.717) is 11.3 Å². The van der Waals surface area contributed by atoms with E-state index in [1.165, 1.54) is 32.9 Å². The molecule has 11 heteroatoms. The summed E-state index contributed by atoms with van der Waals surface area (Å²) in [6.07, 6.45) is 1.13. The molecule has 2 heterocycles. The fraction of sp³-hybridized carbons (Fsp3) is 0.481. The molecule has 1 atom stereocenters. The van der Waals surface area contributed by atoms with Gasteiger partial charge in [0.1, 0.15) is 11.6 Å². The monoisotopic (exact) mass is 552 g/mol. The van der Waals surface area contributed by atoms with Gasteiger partial charge in [0, 0.05) is 47.2 Å². The number of carbonyl (C=O) groups is 2. The number of Topliss-reactive ketones (excluding diaryl/α,β-unsaturated/α-hetero) is 1. The first-order chi connectivity index (χ1) is 17.8. The Morgan fingerprint density at radius 2 is 1.87 bits per heavy atom. The Morgan fingerprint density at radius 3 is 2.47 bits per heavy atom. The molecule has 38 heavy (non-hydrogen) atoms. The molecule has 0 bridgehead atoms. The van der Waals surface area contributed by atoms with Crippen LogP contribution in [0.2, 0.25) is 5.02 Å². The van der Waals surface area contributed by atoms with Crippen molar-refractivity contribution < 1.29 is 36.9 Å². The molecule has 0 amide bonds. The van der Waals surface area contributed by atoms with Crippen LogP contribution in [0.4, 0.5) is 13.2 Å². The van der Waals surface area contributed by atoms with Gasteiger partial charge in [-0.3, -0.25) is 9.59 Å². The van der Waals surface area contributed by atoms with Crippen LogP contribution in [0.15, 0.2) is 33.3 Å². The SMILES string of the molecule is CC(C)(C)C(F)(F)c1cc(-c2onc([C@@H](CCC(=O)O)CC(=O)Cc3ccc(Cl)cc3F)c2C2CC2)no1. The Bertz CT molecular complexity index is 1340. The average Bonchev–Trinajstić information content (AvgIpc) is 3.35. The van der Waals surface area contributed by atoms with Gasteiger partial charge in [-0.25, -0.2) is 4.39 Å². The number of alkyl halides is 2. The fourth-order valence-electron chi connectivity index (χ4n) is 4.31. The first-order valence-electron chi connectivity index (χ1n) is 12.3. The lowest BCUT2D eigenvalue weighted by Gasteiger charge is -2.27. The highest BCUT2D eigenvalue weighted by Gasteiger charge is 2.49. The van der Waals surface area contributed by atoms with Crippen molar-refractivity contribution in [3.05, 3.63) is 57.7 Å². The number of ketones is 1. The van der Waals surface area contributed by atoms with Crippen molar-refractivity contribution in [2.75, 3.05) is 0 Å². The van der Waals surface area contributed by atoms with Crippen molar-refractivity contribution in [1.29, 1.82) is 0 Å². The van der Waals surface area contributed by atoms with Crippen LogP contribution in [0.25, 0.3) is 11.5 Å². The number of halogens is 4. The van der Waals surface area contributed by atoms with E-state index in [1.807, 2.05) is 0 Å². The highest BCUT2D eigenvalue weighted by atomic mass is 35.5. The second kappa shape index (κ2) is 10.6. The maximum atomic E-state index is 14.8. The number of hydrogen-bond donors (Lipinski definition) is 1. The van der Waals surface area contributed by atoms with Crippen LogP contribution in [0, 0.1) is 11.2 Å². The summed E-state index contributed by atoms with van der Waals surface area (Å²) < 4.78 is 54.5. The van der Waals surface area contributed by atoms with Gasteiger partial charge in [-0.05, 0) is 42.9 Å². The number of aliphatic carboxylic acids is 1. The van der Waals surface area contributed by atoms with E-state index in [-0.39, 0.29) is 59.4 Å². The second-order valence-electron chi connectivity index (χ2n) is 10.8. The van der Waals surface area contributed by atoms with Gasteiger partial charge in [0.15, 0.2) is 11.5 Å². The molecular weight excluding hydrogens is 525 g/mol. The molecule has 0 aliphatic heterocycles. The Balaban J connectivity index is 1.64. The summed E-state index contributed by atoms with van der Waals surface area (Å²) in [4.78, 5) is 24.3. The van der Waals surface area contributed by atoms with Crippen LogP contribution in [0.1, 0.15) is 87.3 Å². The molecule has 204 valence electrons. The van der Waals surface area contributed by atoms with Gasteiger partial charge in [-0.1, -0.05) is 48.8 Å². The lowest BCUT2D eigenvalue weighted by molar-refractivity contribution is -0.137. The van der Waals surface area contributed by atoms with Gasteiger partial charge >= 0.3 is 11.9 Å². The van der Waals surface area contributed by atoms with Crippen LogP contribution >= 0.6 is 11.6 Å². The molecule has 0 spiro atoms. The van der Waals surface area contributed by atoms with Gasteiger partial charge < -0.3 is 14.2 Å². The molecule has 1 saturated carbocycles. The first-order valence-corrected chi connectivity index (χ1v) is 12.7. The number of nitrogens with zero attached hydrogens (tertiary/aromatic N) is 2. The zero-order valence-electron chi connectivity index (χ0n) is 21.2. The third-order valence-electron chi connectivity index (χ3n) is 6.71. The second-order valence-corrected chi connectivity index (χ2v) is 11.2. The van der Waals surface area contributed by atoms with Gasteiger partial charge in [0.25, 0.3) is 0 Å². The van der Waals surface area contributed by atoms with E-state index in [0.717, 1.165) is 25.0 Å². The van der Waals surface area contributed by atoms with Crippen molar-refractivity contribution in [3.63, 3.8) is 0 Å². The van der Waals surface area contributed by atoms with Crippen molar-refractivity contribution in [2.45, 2.75) is 77.1 Å². The van der Waals surface area contributed by atoms with Crippen molar-refractivity contribution in [1.82, 2.24) is 10.3 Å². The van der Waals surface area contributed by atoms with E-state index in [2.05, 4.69) is 10.3 Å². The number of aromatic nitrogens is 2. The third kappa shape index (κ3) is 5.95. The number of benzene rings is 1. The lowest BCUT2D eigenvalue weighted by atomic mass is 9.86. The minimum atomic E-state index is -3.30. The summed E-state index contributed by atoms with van der Waals surface area (Å²) in [7, 11) is 0. The number of carbonyl (C=O) groups excluding carboxylic acids is 1. The summed E-state index contributed by atoms with van der Waals surface area (Å²) >= 11 is 5.79. The number of rotatable bonds is 11. The summed E-state index contributed by atoms with van der Waals surface area (Å²) in [6, 6.07) is 5.17. The number of carboxylic acids is 1. The lowest BCUT2D eigenvalue weighted by Crippen LogP contribution is -2.30. The van der Waals surface area contributed by atoms with E-state index in [1.54, 1.807) is 0 Å². The highest BCUT2D eigenvalue weighted by molar-refractivity contribution is 6.30. The van der Waals surface area contributed by atoms with Crippen molar-refractivity contribution in [3.8, 4) is 11.5 Å². The topological polar surface area (TPSA) is 106 Å². The van der Waals surface area contributed by atoms with E-state index in [9.17, 15) is 27.9 Å². The Labute approximate surface area is 222 Å². The largest absolute Gasteiger partial charge is 0.481 e. The fourth-order valence-corrected chi connectivity index (χ4v) is 4.47. The summed E-state index contributed by atoms with van der Waals surface area (Å²) in [5, 5.41) is 17.5. The zero-order chi connectivity index (χ0) is 27.8. The van der Waals surface area contributed by atoms with Gasteiger partial charge in [-0.15, -0.1) is 0 Å². The minimum Gasteiger partial charge on any atom is -0.481 e. The van der Waals surface area contributed by atoms with Crippen LogP contribution < -0.4 is 0 Å². The molecule has 1 aliphatic rings. The molecule has 1 fully saturated rings. The van der Waals surface area contributed by atoms with E-state index >= 15 is 0 Å². The molecule has 0 saturated heterocycles. The quantitative estimate of drug-likeness (QED) is 0.266. The van der Waals surface area contributed by atoms with Crippen LogP contribution in [0.3, 0.4) is 0 Å². The third-order valence-corrected chi connectivity index (χ3v) is 6.94. The van der Waals surface area contributed by atoms with Gasteiger partial charge in [0.2, 0.25) is 5.76 Å². The van der Waals surface area contributed by atoms with Gasteiger partial charge in [-0.2, -0.15) is 8.78 Å². The Hall–Kier alpha value is -3.14.